The summed E-state index contributed by atoms with van der Waals surface area (Å²) in [5, 5.41) is 5.42. The second kappa shape index (κ2) is 5.85. The molecule has 1 aliphatic rings. The number of piperazine rings is 1. The van der Waals surface area contributed by atoms with Crippen molar-refractivity contribution in [1.82, 2.24) is 15.3 Å². The van der Waals surface area contributed by atoms with Crippen molar-refractivity contribution in [1.29, 1.82) is 0 Å². The number of nitrogens with one attached hydrogen (secondary N) is 2. The predicted molar refractivity (Wildman–Crippen MR) is 75.6 cm³/mol. The SMILES string of the molecule is CCNc1cc(N2CC(=O)NC(=O)C2)nc(C(C)C)n1. The van der Waals surface area contributed by atoms with Gasteiger partial charge < -0.3 is 10.2 Å². The van der Waals surface area contributed by atoms with Crippen LogP contribution in [0.3, 0.4) is 0 Å². The molecule has 0 atom stereocenters. The van der Waals surface area contributed by atoms with E-state index < -0.39 is 0 Å². The molecule has 0 aliphatic carbocycles. The quantitative estimate of drug-likeness (QED) is 0.779. The van der Waals surface area contributed by atoms with E-state index in [1.54, 1.807) is 11.0 Å². The number of imide groups is 1. The van der Waals surface area contributed by atoms with Crippen molar-refractivity contribution in [3.05, 3.63) is 11.9 Å². The minimum atomic E-state index is -0.309. The van der Waals surface area contributed by atoms with Crippen molar-refractivity contribution in [2.45, 2.75) is 26.7 Å². The molecule has 1 fully saturated rings. The fraction of sp³-hybridized carbons (Fsp3) is 0.538. The molecule has 0 bridgehead atoms. The Kier molecular flexibility index (Phi) is 4.16. The summed E-state index contributed by atoms with van der Waals surface area (Å²) in [4.78, 5) is 33.4. The van der Waals surface area contributed by atoms with E-state index in [4.69, 9.17) is 0 Å². The van der Waals surface area contributed by atoms with Gasteiger partial charge in [-0.25, -0.2) is 9.97 Å². The Bertz CT molecular complexity index is 513. The molecule has 2 rings (SSSR count). The zero-order chi connectivity index (χ0) is 14.7. The molecule has 2 heterocycles. The summed E-state index contributed by atoms with van der Waals surface area (Å²) in [5.74, 6) is 1.55. The molecular formula is C13H19N5O2. The lowest BCUT2D eigenvalue weighted by atomic mass is 10.2. The minimum absolute atomic E-state index is 0.131. The first-order valence-electron chi connectivity index (χ1n) is 6.70. The van der Waals surface area contributed by atoms with Gasteiger partial charge in [0, 0.05) is 18.5 Å². The van der Waals surface area contributed by atoms with Crippen LogP contribution in [0, 0.1) is 0 Å². The molecule has 7 nitrogen and oxygen atoms in total. The first-order valence-corrected chi connectivity index (χ1v) is 6.70. The molecule has 108 valence electrons. The zero-order valence-electron chi connectivity index (χ0n) is 11.9. The highest BCUT2D eigenvalue weighted by Crippen LogP contribution is 2.20. The third-order valence-corrected chi connectivity index (χ3v) is 2.88. The highest BCUT2D eigenvalue weighted by atomic mass is 16.2. The third kappa shape index (κ3) is 3.23. The summed E-state index contributed by atoms with van der Waals surface area (Å²) in [5.41, 5.74) is 0. The monoisotopic (exact) mass is 277 g/mol. The van der Waals surface area contributed by atoms with Gasteiger partial charge in [-0.2, -0.15) is 0 Å². The standard InChI is InChI=1S/C13H19N5O2/c1-4-14-9-5-10(16-13(15-9)8(2)3)18-6-11(19)17-12(20)7-18/h5,8H,4,6-7H2,1-3H3,(H,14,15,16)(H,17,19,20). The molecule has 0 saturated carbocycles. The van der Waals surface area contributed by atoms with Crippen molar-refractivity contribution < 1.29 is 9.59 Å². The number of carbonyl (C=O) groups excluding carboxylic acids is 2. The van der Waals surface area contributed by atoms with Crippen LogP contribution in [0.15, 0.2) is 6.07 Å². The fourth-order valence-corrected chi connectivity index (χ4v) is 1.94. The van der Waals surface area contributed by atoms with Gasteiger partial charge in [0.1, 0.15) is 17.5 Å². The van der Waals surface area contributed by atoms with Crippen LogP contribution in [0.5, 0.6) is 0 Å². The molecule has 0 spiro atoms. The second-order valence-corrected chi connectivity index (χ2v) is 4.98. The second-order valence-electron chi connectivity index (χ2n) is 4.98. The number of anilines is 2. The van der Waals surface area contributed by atoms with Gasteiger partial charge in [0.25, 0.3) is 0 Å². The molecule has 2 amide bonds. The van der Waals surface area contributed by atoms with E-state index in [1.165, 1.54) is 0 Å². The van der Waals surface area contributed by atoms with Gasteiger partial charge >= 0.3 is 0 Å². The topological polar surface area (TPSA) is 87.2 Å². The number of hydrogen-bond acceptors (Lipinski definition) is 6. The van der Waals surface area contributed by atoms with Gasteiger partial charge in [0.05, 0.1) is 13.1 Å². The Morgan fingerprint density at radius 3 is 2.50 bits per heavy atom. The molecule has 0 radical (unpaired) electrons. The van der Waals surface area contributed by atoms with E-state index in [2.05, 4.69) is 20.6 Å². The maximum Gasteiger partial charge on any atom is 0.246 e. The number of rotatable bonds is 4. The number of hydrogen-bond donors (Lipinski definition) is 2. The smallest absolute Gasteiger partial charge is 0.246 e. The van der Waals surface area contributed by atoms with E-state index in [-0.39, 0.29) is 30.8 Å². The normalized spacial score (nSPS) is 15.5. The Hall–Kier alpha value is -2.18. The lowest BCUT2D eigenvalue weighted by molar-refractivity contribution is -0.130. The van der Waals surface area contributed by atoms with Crippen LogP contribution < -0.4 is 15.5 Å². The summed E-state index contributed by atoms with van der Waals surface area (Å²) >= 11 is 0. The van der Waals surface area contributed by atoms with Crippen LogP contribution in [0.4, 0.5) is 11.6 Å². The molecule has 20 heavy (non-hydrogen) atoms. The van der Waals surface area contributed by atoms with E-state index in [0.717, 1.165) is 6.54 Å². The molecule has 1 aromatic heterocycles. The van der Waals surface area contributed by atoms with Crippen LogP contribution >= 0.6 is 0 Å². The summed E-state index contributed by atoms with van der Waals surface area (Å²) in [6.07, 6.45) is 0. The molecule has 1 aliphatic heterocycles. The van der Waals surface area contributed by atoms with Crippen molar-refractivity contribution in [3.63, 3.8) is 0 Å². The maximum atomic E-state index is 11.5. The van der Waals surface area contributed by atoms with Gasteiger partial charge in [-0.1, -0.05) is 13.8 Å². The minimum Gasteiger partial charge on any atom is -0.370 e. The summed E-state index contributed by atoms with van der Waals surface area (Å²) in [7, 11) is 0. The Morgan fingerprint density at radius 2 is 1.95 bits per heavy atom. The zero-order valence-corrected chi connectivity index (χ0v) is 11.9. The van der Waals surface area contributed by atoms with Crippen molar-refractivity contribution >= 4 is 23.5 Å². The van der Waals surface area contributed by atoms with Crippen LogP contribution in [-0.2, 0) is 9.59 Å². The summed E-state index contributed by atoms with van der Waals surface area (Å²) < 4.78 is 0. The fourth-order valence-electron chi connectivity index (χ4n) is 1.94. The van der Waals surface area contributed by atoms with E-state index in [1.807, 2.05) is 20.8 Å². The van der Waals surface area contributed by atoms with Gasteiger partial charge in [0.2, 0.25) is 11.8 Å². The third-order valence-electron chi connectivity index (χ3n) is 2.88. The maximum absolute atomic E-state index is 11.5. The number of nitrogens with zero attached hydrogens (tertiary/aromatic N) is 3. The van der Waals surface area contributed by atoms with Crippen LogP contribution in [0.2, 0.25) is 0 Å². The van der Waals surface area contributed by atoms with Crippen molar-refractivity contribution in [3.8, 4) is 0 Å². The molecule has 1 aromatic rings. The summed E-state index contributed by atoms with van der Waals surface area (Å²) in [6.45, 7) is 6.99. The number of amides is 2. The first-order chi connectivity index (χ1) is 9.49. The Balaban J connectivity index is 2.34. The van der Waals surface area contributed by atoms with E-state index in [0.29, 0.717) is 17.5 Å². The van der Waals surface area contributed by atoms with Crippen molar-refractivity contribution in [2.24, 2.45) is 0 Å². The average Bonchev–Trinajstić information content (AvgIpc) is 2.37. The molecule has 1 saturated heterocycles. The first kappa shape index (κ1) is 14.2. The highest BCUT2D eigenvalue weighted by Gasteiger charge is 2.24. The van der Waals surface area contributed by atoms with Crippen LogP contribution in [0.25, 0.3) is 0 Å². The van der Waals surface area contributed by atoms with Gasteiger partial charge in [-0.05, 0) is 6.92 Å². The molecule has 7 heteroatoms. The predicted octanol–water partition coefficient (Wildman–Crippen LogP) is 0.495. The lowest BCUT2D eigenvalue weighted by Crippen LogP contribution is -2.51. The number of carbonyl (C=O) groups is 2. The largest absolute Gasteiger partial charge is 0.370 e. The van der Waals surface area contributed by atoms with Crippen LogP contribution in [0.1, 0.15) is 32.5 Å². The highest BCUT2D eigenvalue weighted by molar-refractivity contribution is 6.02. The van der Waals surface area contributed by atoms with Crippen molar-refractivity contribution in [2.75, 3.05) is 29.9 Å². The van der Waals surface area contributed by atoms with E-state index in [9.17, 15) is 9.59 Å². The number of aromatic nitrogens is 2. The lowest BCUT2D eigenvalue weighted by Gasteiger charge is -2.27. The van der Waals surface area contributed by atoms with Gasteiger partial charge in [-0.3, -0.25) is 14.9 Å². The van der Waals surface area contributed by atoms with Gasteiger partial charge in [0.15, 0.2) is 0 Å². The Labute approximate surface area is 117 Å². The van der Waals surface area contributed by atoms with Crippen LogP contribution in [-0.4, -0.2) is 41.4 Å². The van der Waals surface area contributed by atoms with E-state index >= 15 is 0 Å². The average molecular weight is 277 g/mol. The Morgan fingerprint density at radius 1 is 1.30 bits per heavy atom. The molecule has 2 N–H and O–H groups in total. The van der Waals surface area contributed by atoms with Gasteiger partial charge in [-0.15, -0.1) is 0 Å². The molecular weight excluding hydrogens is 258 g/mol. The summed E-state index contributed by atoms with van der Waals surface area (Å²) in [6, 6.07) is 1.77. The molecule has 0 unspecified atom stereocenters. The molecule has 0 aromatic carbocycles.